The molecule has 1 aromatic carbocycles. The number of benzene rings is 1. The predicted molar refractivity (Wildman–Crippen MR) is 89.0 cm³/mol. The second-order valence-electron chi connectivity index (χ2n) is 5.90. The zero-order chi connectivity index (χ0) is 17.0. The molecule has 0 saturated heterocycles. The monoisotopic (exact) mass is 316 g/mol. The summed E-state index contributed by atoms with van der Waals surface area (Å²) in [5, 5.41) is 19.6. The van der Waals surface area contributed by atoms with Gasteiger partial charge in [-0.3, -0.25) is 4.68 Å². The Morgan fingerprint density at radius 1 is 1.39 bits per heavy atom. The second kappa shape index (κ2) is 7.28. The molecule has 1 aromatic heterocycles. The van der Waals surface area contributed by atoms with Crippen molar-refractivity contribution in [2.45, 2.75) is 32.9 Å². The lowest BCUT2D eigenvalue weighted by Gasteiger charge is -2.18. The molecular formula is C17H24N4O2. The Morgan fingerprint density at radius 2 is 2.13 bits per heavy atom. The van der Waals surface area contributed by atoms with Gasteiger partial charge in [0, 0.05) is 25.4 Å². The molecule has 1 heterocycles. The number of amides is 2. The van der Waals surface area contributed by atoms with Crippen molar-refractivity contribution in [3.8, 4) is 0 Å². The minimum Gasteiger partial charge on any atom is -0.386 e. The number of urea groups is 1. The van der Waals surface area contributed by atoms with Crippen molar-refractivity contribution < 1.29 is 9.90 Å². The zero-order valence-electron chi connectivity index (χ0n) is 14.0. The molecule has 2 aromatic rings. The van der Waals surface area contributed by atoms with Gasteiger partial charge in [0.1, 0.15) is 0 Å². The lowest BCUT2D eigenvalue weighted by atomic mass is 10.0. The summed E-state index contributed by atoms with van der Waals surface area (Å²) in [6.07, 6.45) is 2.54. The van der Waals surface area contributed by atoms with E-state index in [0.717, 1.165) is 16.7 Å². The quantitative estimate of drug-likeness (QED) is 0.790. The molecule has 124 valence electrons. The van der Waals surface area contributed by atoms with Crippen LogP contribution in [0.5, 0.6) is 0 Å². The first-order valence-electron chi connectivity index (χ1n) is 7.65. The van der Waals surface area contributed by atoms with E-state index in [1.54, 1.807) is 24.1 Å². The molecule has 0 fully saturated rings. The molecule has 6 nitrogen and oxygen atoms in total. The third kappa shape index (κ3) is 4.56. The summed E-state index contributed by atoms with van der Waals surface area (Å²) >= 11 is 0. The number of aliphatic hydroxyl groups excluding tert-OH is 1. The maximum absolute atomic E-state index is 12.0. The Labute approximate surface area is 136 Å². The Morgan fingerprint density at radius 3 is 2.78 bits per heavy atom. The molecule has 0 aliphatic rings. The normalized spacial score (nSPS) is 13.4. The van der Waals surface area contributed by atoms with Gasteiger partial charge >= 0.3 is 6.03 Å². The molecule has 2 amide bonds. The molecule has 6 heteroatoms. The minimum absolute atomic E-state index is 0.106. The molecule has 0 aliphatic heterocycles. The van der Waals surface area contributed by atoms with E-state index < -0.39 is 6.10 Å². The lowest BCUT2D eigenvalue weighted by molar-refractivity contribution is 0.172. The van der Waals surface area contributed by atoms with Gasteiger partial charge in [-0.1, -0.05) is 23.8 Å². The number of nitrogens with one attached hydrogen (secondary N) is 2. The Bertz CT molecular complexity index is 681. The molecule has 23 heavy (non-hydrogen) atoms. The SMILES string of the molecule is Cc1ccc(C)c([C@@H](C)NC(=O)NC[C@H](O)c2cnn(C)c2)c1. The van der Waals surface area contributed by atoms with Crippen molar-refractivity contribution >= 4 is 6.03 Å². The van der Waals surface area contributed by atoms with E-state index in [-0.39, 0.29) is 18.6 Å². The van der Waals surface area contributed by atoms with Gasteiger partial charge in [-0.15, -0.1) is 0 Å². The standard InChI is InChI=1S/C17H24N4O2/c1-11-5-6-12(2)15(7-11)13(3)20-17(23)18-9-16(22)14-8-19-21(4)10-14/h5-8,10,13,16,22H,9H2,1-4H3,(H2,18,20,23)/t13-,16+/m1/s1. The van der Waals surface area contributed by atoms with E-state index in [0.29, 0.717) is 5.56 Å². The molecule has 0 aliphatic carbocycles. The van der Waals surface area contributed by atoms with Crippen LogP contribution in [0.1, 0.15) is 41.3 Å². The van der Waals surface area contributed by atoms with Crippen LogP contribution in [0.25, 0.3) is 0 Å². The summed E-state index contributed by atoms with van der Waals surface area (Å²) in [7, 11) is 1.78. The third-order valence-corrected chi connectivity index (χ3v) is 3.81. The van der Waals surface area contributed by atoms with Gasteiger partial charge < -0.3 is 15.7 Å². The highest BCUT2D eigenvalue weighted by atomic mass is 16.3. The van der Waals surface area contributed by atoms with Crippen LogP contribution in [0.2, 0.25) is 0 Å². The fourth-order valence-electron chi connectivity index (χ4n) is 2.47. The zero-order valence-corrected chi connectivity index (χ0v) is 14.0. The molecule has 0 radical (unpaired) electrons. The van der Waals surface area contributed by atoms with Crippen molar-refractivity contribution in [3.63, 3.8) is 0 Å². The average Bonchev–Trinajstić information content (AvgIpc) is 2.93. The van der Waals surface area contributed by atoms with Crippen LogP contribution in [-0.4, -0.2) is 27.5 Å². The number of aromatic nitrogens is 2. The van der Waals surface area contributed by atoms with Gasteiger partial charge in [-0.25, -0.2) is 4.79 Å². The van der Waals surface area contributed by atoms with Gasteiger partial charge in [0.2, 0.25) is 0 Å². The number of hydrogen-bond acceptors (Lipinski definition) is 3. The van der Waals surface area contributed by atoms with Gasteiger partial charge in [-0.2, -0.15) is 5.10 Å². The maximum Gasteiger partial charge on any atom is 0.315 e. The molecular weight excluding hydrogens is 292 g/mol. The van der Waals surface area contributed by atoms with Crippen LogP contribution in [0.4, 0.5) is 4.79 Å². The van der Waals surface area contributed by atoms with Crippen LogP contribution < -0.4 is 10.6 Å². The van der Waals surface area contributed by atoms with Crippen molar-refractivity contribution in [1.29, 1.82) is 0 Å². The van der Waals surface area contributed by atoms with Crippen molar-refractivity contribution in [1.82, 2.24) is 20.4 Å². The fraction of sp³-hybridized carbons (Fsp3) is 0.412. The van der Waals surface area contributed by atoms with E-state index >= 15 is 0 Å². The number of aryl methyl sites for hydroxylation is 3. The van der Waals surface area contributed by atoms with Gasteiger partial charge in [-0.05, 0) is 31.9 Å². The topological polar surface area (TPSA) is 79.2 Å². The smallest absolute Gasteiger partial charge is 0.315 e. The number of aliphatic hydroxyl groups is 1. The largest absolute Gasteiger partial charge is 0.386 e. The van der Waals surface area contributed by atoms with Crippen LogP contribution in [0.15, 0.2) is 30.6 Å². The van der Waals surface area contributed by atoms with Crippen LogP contribution in [0.3, 0.4) is 0 Å². The number of hydrogen-bond donors (Lipinski definition) is 3. The molecule has 0 bridgehead atoms. The minimum atomic E-state index is -0.773. The highest BCUT2D eigenvalue weighted by Gasteiger charge is 2.14. The van der Waals surface area contributed by atoms with Crippen molar-refractivity contribution in [2.75, 3.05) is 6.54 Å². The van der Waals surface area contributed by atoms with Crippen LogP contribution in [-0.2, 0) is 7.05 Å². The molecule has 0 saturated carbocycles. The first-order chi connectivity index (χ1) is 10.9. The fourth-order valence-corrected chi connectivity index (χ4v) is 2.47. The number of rotatable bonds is 5. The Hall–Kier alpha value is -2.34. The summed E-state index contributed by atoms with van der Waals surface area (Å²) in [4.78, 5) is 12.0. The first kappa shape index (κ1) is 17.0. The van der Waals surface area contributed by atoms with Crippen LogP contribution in [0, 0.1) is 13.8 Å². The van der Waals surface area contributed by atoms with Crippen molar-refractivity contribution in [2.24, 2.45) is 7.05 Å². The Balaban J connectivity index is 1.88. The highest BCUT2D eigenvalue weighted by Crippen LogP contribution is 2.18. The highest BCUT2D eigenvalue weighted by molar-refractivity contribution is 5.74. The summed E-state index contributed by atoms with van der Waals surface area (Å²) in [6, 6.07) is 5.76. The van der Waals surface area contributed by atoms with Gasteiger partial charge in [0.05, 0.1) is 18.3 Å². The second-order valence-corrected chi connectivity index (χ2v) is 5.90. The number of nitrogens with zero attached hydrogens (tertiary/aromatic N) is 2. The summed E-state index contributed by atoms with van der Waals surface area (Å²) < 4.78 is 1.61. The third-order valence-electron chi connectivity index (χ3n) is 3.81. The molecule has 2 atom stereocenters. The van der Waals surface area contributed by atoms with E-state index in [1.807, 2.05) is 26.8 Å². The molecule has 0 unspecified atom stereocenters. The lowest BCUT2D eigenvalue weighted by Crippen LogP contribution is -2.39. The van der Waals surface area contributed by atoms with E-state index in [9.17, 15) is 9.90 Å². The molecule has 0 spiro atoms. The summed E-state index contributed by atoms with van der Waals surface area (Å²) in [6.45, 7) is 6.13. The number of carbonyl (C=O) groups excluding carboxylic acids is 1. The van der Waals surface area contributed by atoms with Crippen molar-refractivity contribution in [3.05, 3.63) is 52.8 Å². The summed E-state index contributed by atoms with van der Waals surface area (Å²) in [5.74, 6) is 0. The summed E-state index contributed by atoms with van der Waals surface area (Å²) in [5.41, 5.74) is 4.06. The van der Waals surface area contributed by atoms with Gasteiger partial charge in [0.25, 0.3) is 0 Å². The molecule has 3 N–H and O–H groups in total. The van der Waals surface area contributed by atoms with E-state index in [4.69, 9.17) is 0 Å². The van der Waals surface area contributed by atoms with E-state index in [1.165, 1.54) is 0 Å². The van der Waals surface area contributed by atoms with Gasteiger partial charge in [0.15, 0.2) is 0 Å². The predicted octanol–water partition coefficient (Wildman–Crippen LogP) is 2.13. The number of carbonyl (C=O) groups is 1. The maximum atomic E-state index is 12.0. The van der Waals surface area contributed by atoms with E-state index in [2.05, 4.69) is 27.9 Å². The first-order valence-corrected chi connectivity index (χ1v) is 7.65. The van der Waals surface area contributed by atoms with Crippen LogP contribution >= 0.6 is 0 Å². The Kier molecular flexibility index (Phi) is 5.39. The average molecular weight is 316 g/mol. The molecule has 2 rings (SSSR count).